The van der Waals surface area contributed by atoms with Crippen LogP contribution in [0.3, 0.4) is 0 Å². The number of aromatic nitrogens is 2. The molecule has 2 heterocycles. The lowest BCUT2D eigenvalue weighted by atomic mass is 9.91. The molecule has 0 amide bonds. The SMILES string of the molecule is Cc1nc2c(c(C)c(C)n2CC2(C)CC2)c(-c2ccc(Cl)cc2)c1[C@H](OC(C)(C)C)C(=O)O. The third-order valence-corrected chi connectivity index (χ3v) is 6.97. The van der Waals surface area contributed by atoms with Gasteiger partial charge >= 0.3 is 5.97 Å². The number of benzene rings is 1. The van der Waals surface area contributed by atoms with Crippen LogP contribution >= 0.6 is 11.6 Å². The third kappa shape index (κ3) is 4.53. The molecule has 0 bridgehead atoms. The van der Waals surface area contributed by atoms with Crippen LogP contribution in [0.15, 0.2) is 24.3 Å². The zero-order valence-electron chi connectivity index (χ0n) is 20.5. The van der Waals surface area contributed by atoms with Gasteiger partial charge in [-0.2, -0.15) is 0 Å². The van der Waals surface area contributed by atoms with Crippen LogP contribution in [0, 0.1) is 26.2 Å². The van der Waals surface area contributed by atoms with Gasteiger partial charge in [0.05, 0.1) is 5.60 Å². The van der Waals surface area contributed by atoms with E-state index in [-0.39, 0.29) is 0 Å². The highest BCUT2D eigenvalue weighted by atomic mass is 35.5. The summed E-state index contributed by atoms with van der Waals surface area (Å²) in [6.45, 7) is 14.9. The van der Waals surface area contributed by atoms with Gasteiger partial charge in [0.15, 0.2) is 6.10 Å². The van der Waals surface area contributed by atoms with E-state index < -0.39 is 17.7 Å². The van der Waals surface area contributed by atoms with Crippen molar-refractivity contribution in [3.05, 3.63) is 51.8 Å². The Morgan fingerprint density at radius 1 is 1.21 bits per heavy atom. The zero-order valence-corrected chi connectivity index (χ0v) is 21.3. The first-order chi connectivity index (χ1) is 15.3. The van der Waals surface area contributed by atoms with Crippen molar-refractivity contribution in [3.63, 3.8) is 0 Å². The number of nitrogens with zero attached hydrogens (tertiary/aromatic N) is 2. The van der Waals surface area contributed by atoms with Crippen LogP contribution in [0.5, 0.6) is 0 Å². The van der Waals surface area contributed by atoms with Crippen molar-refractivity contribution in [3.8, 4) is 11.1 Å². The van der Waals surface area contributed by atoms with E-state index in [1.165, 1.54) is 18.5 Å². The number of hydrogen-bond donors (Lipinski definition) is 1. The topological polar surface area (TPSA) is 64.4 Å². The van der Waals surface area contributed by atoms with Gasteiger partial charge in [0.2, 0.25) is 0 Å². The number of pyridine rings is 1. The maximum atomic E-state index is 12.5. The molecule has 0 radical (unpaired) electrons. The highest BCUT2D eigenvalue weighted by Crippen LogP contribution is 2.48. The molecule has 0 unspecified atom stereocenters. The monoisotopic (exact) mass is 468 g/mol. The molecule has 3 aromatic rings. The quantitative estimate of drug-likeness (QED) is 0.422. The molecule has 176 valence electrons. The number of aryl methyl sites for hydroxylation is 2. The van der Waals surface area contributed by atoms with Gasteiger partial charge in [-0.1, -0.05) is 30.7 Å². The molecule has 0 spiro atoms. The average Bonchev–Trinajstić information content (AvgIpc) is 3.40. The Morgan fingerprint density at radius 2 is 1.82 bits per heavy atom. The van der Waals surface area contributed by atoms with E-state index in [9.17, 15) is 9.90 Å². The predicted octanol–water partition coefficient (Wildman–Crippen LogP) is 7.02. The molecule has 1 aliphatic carbocycles. The molecule has 1 fully saturated rings. The van der Waals surface area contributed by atoms with E-state index >= 15 is 0 Å². The molecule has 1 atom stereocenters. The van der Waals surface area contributed by atoms with E-state index in [1.807, 2.05) is 52.0 Å². The fourth-order valence-corrected chi connectivity index (χ4v) is 4.69. The van der Waals surface area contributed by atoms with Crippen LogP contribution in [-0.2, 0) is 16.1 Å². The second-order valence-electron chi connectivity index (χ2n) is 10.7. The summed E-state index contributed by atoms with van der Waals surface area (Å²) in [6.07, 6.45) is 1.29. The van der Waals surface area contributed by atoms with Crippen LogP contribution in [0.4, 0.5) is 0 Å². The summed E-state index contributed by atoms with van der Waals surface area (Å²) in [5.74, 6) is -1.02. The van der Waals surface area contributed by atoms with Crippen molar-refractivity contribution in [2.75, 3.05) is 0 Å². The number of carbonyl (C=O) groups is 1. The van der Waals surface area contributed by atoms with Gasteiger partial charge in [0.1, 0.15) is 5.65 Å². The lowest BCUT2D eigenvalue weighted by molar-refractivity contribution is -0.160. The van der Waals surface area contributed by atoms with Gasteiger partial charge in [0.25, 0.3) is 0 Å². The van der Waals surface area contributed by atoms with Crippen molar-refractivity contribution in [1.29, 1.82) is 0 Å². The van der Waals surface area contributed by atoms with E-state index in [0.29, 0.717) is 21.7 Å². The third-order valence-electron chi connectivity index (χ3n) is 6.72. The fraction of sp³-hybridized carbons (Fsp3) is 0.481. The Morgan fingerprint density at radius 3 is 2.33 bits per heavy atom. The van der Waals surface area contributed by atoms with Gasteiger partial charge in [-0.05, 0) is 83.1 Å². The zero-order chi connectivity index (χ0) is 24.3. The van der Waals surface area contributed by atoms with E-state index in [1.54, 1.807) is 0 Å². The summed E-state index contributed by atoms with van der Waals surface area (Å²) < 4.78 is 8.41. The predicted molar refractivity (Wildman–Crippen MR) is 133 cm³/mol. The second kappa shape index (κ2) is 8.14. The molecule has 1 saturated carbocycles. The number of hydrogen-bond acceptors (Lipinski definition) is 3. The number of carboxylic acids is 1. The van der Waals surface area contributed by atoms with E-state index in [4.69, 9.17) is 21.3 Å². The van der Waals surface area contributed by atoms with Crippen LogP contribution in [0.25, 0.3) is 22.2 Å². The van der Waals surface area contributed by atoms with Crippen molar-refractivity contribution >= 4 is 28.6 Å². The minimum absolute atomic E-state index is 0.302. The van der Waals surface area contributed by atoms with Crippen molar-refractivity contribution in [2.45, 2.75) is 79.6 Å². The molecule has 4 rings (SSSR count). The Hall–Kier alpha value is -2.37. The first kappa shape index (κ1) is 23.8. The highest BCUT2D eigenvalue weighted by Gasteiger charge is 2.39. The summed E-state index contributed by atoms with van der Waals surface area (Å²) in [6, 6.07) is 7.58. The molecule has 1 aromatic carbocycles. The molecule has 6 heteroatoms. The van der Waals surface area contributed by atoms with Crippen LogP contribution in [-0.4, -0.2) is 26.2 Å². The number of carboxylic acid groups (broad SMARTS) is 1. The van der Waals surface area contributed by atoms with E-state index in [0.717, 1.165) is 34.3 Å². The molecule has 5 nitrogen and oxygen atoms in total. The molecule has 1 N–H and O–H groups in total. The molecular formula is C27H33ClN2O3. The fourth-order valence-electron chi connectivity index (χ4n) is 4.57. The largest absolute Gasteiger partial charge is 0.479 e. The summed E-state index contributed by atoms with van der Waals surface area (Å²) in [4.78, 5) is 17.5. The summed E-state index contributed by atoms with van der Waals surface area (Å²) in [5.41, 5.74) is 5.90. The Bertz CT molecular complexity index is 1230. The molecular weight excluding hydrogens is 436 g/mol. The standard InChI is InChI=1S/C27H33ClN2O3/c1-15-17(3)30(14-27(7)12-13-27)24-20(15)22(18-8-10-19(28)11-9-18)21(16(2)29-24)23(25(31)32)33-26(4,5)6/h8-11,23H,12-14H2,1-7H3,(H,31,32)/t23-/m0/s1. The molecule has 1 aliphatic rings. The maximum absolute atomic E-state index is 12.5. The second-order valence-corrected chi connectivity index (χ2v) is 11.2. The first-order valence-corrected chi connectivity index (χ1v) is 11.9. The van der Waals surface area contributed by atoms with Gasteiger partial charge in [-0.3, -0.25) is 0 Å². The van der Waals surface area contributed by atoms with E-state index in [2.05, 4.69) is 25.3 Å². The van der Waals surface area contributed by atoms with Crippen LogP contribution < -0.4 is 0 Å². The number of halogens is 1. The summed E-state index contributed by atoms with van der Waals surface area (Å²) >= 11 is 6.19. The first-order valence-electron chi connectivity index (χ1n) is 11.5. The normalized spacial score (nSPS) is 16.2. The van der Waals surface area contributed by atoms with Gasteiger partial charge < -0.3 is 14.4 Å². The van der Waals surface area contributed by atoms with Crippen LogP contribution in [0.2, 0.25) is 5.02 Å². The average molecular weight is 469 g/mol. The molecule has 2 aromatic heterocycles. The van der Waals surface area contributed by atoms with Crippen molar-refractivity contribution < 1.29 is 14.6 Å². The Labute approximate surface area is 200 Å². The lowest BCUT2D eigenvalue weighted by Crippen LogP contribution is -2.28. The number of rotatable bonds is 6. The minimum atomic E-state index is -1.14. The summed E-state index contributed by atoms with van der Waals surface area (Å²) in [7, 11) is 0. The van der Waals surface area contributed by atoms with Gasteiger partial charge in [-0.15, -0.1) is 0 Å². The summed E-state index contributed by atoms with van der Waals surface area (Å²) in [5, 5.41) is 11.8. The van der Waals surface area contributed by atoms with Crippen molar-refractivity contribution in [2.24, 2.45) is 5.41 Å². The molecule has 33 heavy (non-hydrogen) atoms. The van der Waals surface area contributed by atoms with Gasteiger partial charge in [-0.25, -0.2) is 9.78 Å². The smallest absolute Gasteiger partial charge is 0.337 e. The van der Waals surface area contributed by atoms with Crippen LogP contribution in [0.1, 0.15) is 69.2 Å². The molecule has 0 aliphatic heterocycles. The Balaban J connectivity index is 2.08. The molecule has 0 saturated heterocycles. The maximum Gasteiger partial charge on any atom is 0.337 e. The number of aliphatic carboxylic acids is 1. The highest BCUT2D eigenvalue weighted by molar-refractivity contribution is 6.30. The Kier molecular flexibility index (Phi) is 5.86. The number of ether oxygens (including phenoxy) is 1. The number of fused-ring (bicyclic) bond motifs is 1. The van der Waals surface area contributed by atoms with Crippen molar-refractivity contribution in [1.82, 2.24) is 9.55 Å². The minimum Gasteiger partial charge on any atom is -0.479 e. The van der Waals surface area contributed by atoms with Gasteiger partial charge in [0, 0.05) is 39.5 Å². The lowest BCUT2D eigenvalue weighted by Gasteiger charge is -2.28.